The van der Waals surface area contributed by atoms with E-state index in [1.165, 1.54) is 0 Å². The van der Waals surface area contributed by atoms with E-state index in [-0.39, 0.29) is 0 Å². The molecule has 0 saturated carbocycles. The number of nitrogens with zero attached hydrogens (tertiary/aromatic N) is 1. The lowest BCUT2D eigenvalue weighted by Crippen LogP contribution is -2.47. The molecule has 1 fully saturated rings. The van der Waals surface area contributed by atoms with Gasteiger partial charge < -0.3 is 15.0 Å². The van der Waals surface area contributed by atoms with E-state index in [0.717, 1.165) is 47.6 Å². The predicted octanol–water partition coefficient (Wildman–Crippen LogP) is 2.31. The zero-order valence-corrected chi connectivity index (χ0v) is 11.3. The van der Waals surface area contributed by atoms with Gasteiger partial charge >= 0.3 is 0 Å². The van der Waals surface area contributed by atoms with Crippen molar-refractivity contribution in [3.8, 4) is 5.75 Å². The normalized spacial score (nSPS) is 15.5. The minimum Gasteiger partial charge on any atom is -0.494 e. The number of methoxy groups -OCH3 is 1. The zero-order chi connectivity index (χ0) is 12.4. The zero-order valence-electron chi connectivity index (χ0n) is 10.6. The SMILES string of the molecule is COc1c(C)cc(Cl)cc1N(C)CC1CNC1. The number of aryl methyl sites for hydroxylation is 1. The maximum absolute atomic E-state index is 6.11. The summed E-state index contributed by atoms with van der Waals surface area (Å²) in [5.41, 5.74) is 2.15. The number of benzene rings is 1. The van der Waals surface area contributed by atoms with E-state index in [2.05, 4.69) is 17.3 Å². The lowest BCUT2D eigenvalue weighted by Gasteiger charge is -2.33. The monoisotopic (exact) mass is 254 g/mol. The third-order valence-electron chi connectivity index (χ3n) is 3.23. The number of nitrogens with one attached hydrogen (secondary N) is 1. The first kappa shape index (κ1) is 12.5. The molecule has 1 aromatic carbocycles. The van der Waals surface area contributed by atoms with Gasteiger partial charge in [0.2, 0.25) is 0 Å². The highest BCUT2D eigenvalue weighted by Gasteiger charge is 2.20. The van der Waals surface area contributed by atoms with E-state index in [1.807, 2.05) is 19.1 Å². The van der Waals surface area contributed by atoms with E-state index in [0.29, 0.717) is 0 Å². The quantitative estimate of drug-likeness (QED) is 0.893. The van der Waals surface area contributed by atoms with Crippen LogP contribution in [0, 0.1) is 12.8 Å². The van der Waals surface area contributed by atoms with E-state index in [9.17, 15) is 0 Å². The van der Waals surface area contributed by atoms with Crippen LogP contribution in [0.3, 0.4) is 0 Å². The number of anilines is 1. The summed E-state index contributed by atoms with van der Waals surface area (Å²) < 4.78 is 5.47. The van der Waals surface area contributed by atoms with Crippen molar-refractivity contribution in [1.82, 2.24) is 5.32 Å². The molecule has 17 heavy (non-hydrogen) atoms. The summed E-state index contributed by atoms with van der Waals surface area (Å²) in [5, 5.41) is 4.05. The maximum Gasteiger partial charge on any atom is 0.145 e. The van der Waals surface area contributed by atoms with Gasteiger partial charge in [0.25, 0.3) is 0 Å². The Morgan fingerprint density at radius 1 is 1.47 bits per heavy atom. The molecule has 1 aromatic rings. The van der Waals surface area contributed by atoms with Crippen molar-refractivity contribution in [3.05, 3.63) is 22.7 Å². The fourth-order valence-corrected chi connectivity index (χ4v) is 2.49. The summed E-state index contributed by atoms with van der Waals surface area (Å²) >= 11 is 6.11. The van der Waals surface area contributed by atoms with Crippen LogP contribution >= 0.6 is 11.6 Å². The van der Waals surface area contributed by atoms with Crippen molar-refractivity contribution in [3.63, 3.8) is 0 Å². The molecular formula is C13H19ClN2O. The van der Waals surface area contributed by atoms with Gasteiger partial charge in [-0.05, 0) is 24.6 Å². The van der Waals surface area contributed by atoms with Gasteiger partial charge in [0, 0.05) is 37.6 Å². The summed E-state index contributed by atoms with van der Waals surface area (Å²) in [7, 11) is 3.80. The average molecular weight is 255 g/mol. The van der Waals surface area contributed by atoms with Gasteiger partial charge in [-0.15, -0.1) is 0 Å². The first-order valence-electron chi connectivity index (χ1n) is 5.87. The third-order valence-corrected chi connectivity index (χ3v) is 3.45. The van der Waals surface area contributed by atoms with Crippen molar-refractivity contribution in [2.24, 2.45) is 5.92 Å². The Morgan fingerprint density at radius 2 is 2.18 bits per heavy atom. The van der Waals surface area contributed by atoms with Crippen molar-refractivity contribution < 1.29 is 4.74 Å². The molecule has 1 N–H and O–H groups in total. The molecule has 1 aliphatic rings. The van der Waals surface area contributed by atoms with E-state index < -0.39 is 0 Å². The minimum atomic E-state index is 0.726. The summed E-state index contributed by atoms with van der Waals surface area (Å²) in [6.07, 6.45) is 0. The molecule has 0 bridgehead atoms. The second kappa shape index (κ2) is 5.15. The van der Waals surface area contributed by atoms with Gasteiger partial charge in [-0.2, -0.15) is 0 Å². The van der Waals surface area contributed by atoms with E-state index >= 15 is 0 Å². The predicted molar refractivity (Wildman–Crippen MR) is 72.4 cm³/mol. The molecule has 2 rings (SSSR count). The fourth-order valence-electron chi connectivity index (χ4n) is 2.22. The standard InChI is InChI=1S/C13H19ClN2O/c1-9-4-11(14)5-12(13(9)17-3)16(2)8-10-6-15-7-10/h4-5,10,15H,6-8H2,1-3H3. The molecule has 0 unspecified atom stereocenters. The van der Waals surface area contributed by atoms with Crippen LogP contribution < -0.4 is 15.0 Å². The van der Waals surface area contributed by atoms with Crippen molar-refractivity contribution in [2.75, 3.05) is 38.7 Å². The van der Waals surface area contributed by atoms with Gasteiger partial charge in [0.1, 0.15) is 5.75 Å². The highest BCUT2D eigenvalue weighted by atomic mass is 35.5. The van der Waals surface area contributed by atoms with Crippen LogP contribution in [-0.2, 0) is 0 Å². The Labute approximate surface area is 108 Å². The first-order valence-corrected chi connectivity index (χ1v) is 6.25. The Balaban J connectivity index is 2.22. The Morgan fingerprint density at radius 3 is 2.71 bits per heavy atom. The largest absolute Gasteiger partial charge is 0.494 e. The van der Waals surface area contributed by atoms with Crippen molar-refractivity contribution in [2.45, 2.75) is 6.92 Å². The number of hydrogen-bond acceptors (Lipinski definition) is 3. The van der Waals surface area contributed by atoms with E-state index in [4.69, 9.17) is 16.3 Å². The fraction of sp³-hybridized carbons (Fsp3) is 0.538. The molecule has 0 atom stereocenters. The van der Waals surface area contributed by atoms with E-state index in [1.54, 1.807) is 7.11 Å². The van der Waals surface area contributed by atoms with Crippen molar-refractivity contribution in [1.29, 1.82) is 0 Å². The second-order valence-electron chi connectivity index (χ2n) is 4.68. The van der Waals surface area contributed by atoms with Crippen LogP contribution in [0.2, 0.25) is 5.02 Å². The summed E-state index contributed by atoms with van der Waals surface area (Å²) in [5.74, 6) is 1.65. The van der Waals surface area contributed by atoms with Crippen LogP contribution in [0.15, 0.2) is 12.1 Å². The molecule has 0 aliphatic carbocycles. The van der Waals surface area contributed by atoms with Gasteiger partial charge in [-0.3, -0.25) is 0 Å². The van der Waals surface area contributed by atoms with Crippen LogP contribution in [0.1, 0.15) is 5.56 Å². The summed E-state index contributed by atoms with van der Waals surface area (Å²) in [6, 6.07) is 3.90. The Hall–Kier alpha value is -0.930. The van der Waals surface area contributed by atoms with Crippen LogP contribution in [0.5, 0.6) is 5.75 Å². The number of hydrogen-bond donors (Lipinski definition) is 1. The van der Waals surface area contributed by atoms with Gasteiger partial charge in [0.15, 0.2) is 0 Å². The molecule has 1 aliphatic heterocycles. The summed E-state index contributed by atoms with van der Waals surface area (Å²) in [6.45, 7) is 5.26. The maximum atomic E-state index is 6.11. The Kier molecular flexibility index (Phi) is 3.79. The molecular weight excluding hydrogens is 236 g/mol. The van der Waals surface area contributed by atoms with Crippen LogP contribution in [0.25, 0.3) is 0 Å². The number of ether oxygens (including phenoxy) is 1. The lowest BCUT2D eigenvalue weighted by atomic mass is 10.0. The highest BCUT2D eigenvalue weighted by molar-refractivity contribution is 6.31. The van der Waals surface area contributed by atoms with Crippen molar-refractivity contribution >= 4 is 17.3 Å². The lowest BCUT2D eigenvalue weighted by molar-refractivity contribution is 0.351. The van der Waals surface area contributed by atoms with Crippen LogP contribution in [0.4, 0.5) is 5.69 Å². The van der Waals surface area contributed by atoms with Gasteiger partial charge in [-0.25, -0.2) is 0 Å². The molecule has 1 heterocycles. The topological polar surface area (TPSA) is 24.5 Å². The third kappa shape index (κ3) is 2.67. The number of rotatable bonds is 4. The highest BCUT2D eigenvalue weighted by Crippen LogP contribution is 2.34. The summed E-state index contributed by atoms with van der Waals surface area (Å²) in [4.78, 5) is 2.23. The molecule has 0 spiro atoms. The molecule has 1 saturated heterocycles. The Bertz CT molecular complexity index is 405. The molecule has 0 amide bonds. The smallest absolute Gasteiger partial charge is 0.145 e. The molecule has 0 radical (unpaired) electrons. The van der Waals surface area contributed by atoms with Gasteiger partial charge in [0.05, 0.1) is 12.8 Å². The molecule has 94 valence electrons. The van der Waals surface area contributed by atoms with Gasteiger partial charge in [-0.1, -0.05) is 11.6 Å². The first-order chi connectivity index (χ1) is 8.11. The number of halogens is 1. The minimum absolute atomic E-state index is 0.726. The second-order valence-corrected chi connectivity index (χ2v) is 5.12. The molecule has 0 aromatic heterocycles. The molecule has 4 heteroatoms. The average Bonchev–Trinajstić information content (AvgIpc) is 2.22. The van der Waals surface area contributed by atoms with Crippen LogP contribution in [-0.4, -0.2) is 33.8 Å². The molecule has 3 nitrogen and oxygen atoms in total.